The van der Waals surface area contributed by atoms with Crippen molar-refractivity contribution in [1.82, 2.24) is 0 Å². The molecule has 0 saturated heterocycles. The maximum atomic E-state index is 11.3. The second-order valence-corrected chi connectivity index (χ2v) is 3.52. The molecule has 2 unspecified atom stereocenters. The van der Waals surface area contributed by atoms with Crippen molar-refractivity contribution < 1.29 is 19.2 Å². The fourth-order valence-electron chi connectivity index (χ4n) is 1.79. The van der Waals surface area contributed by atoms with Gasteiger partial charge in [-0.3, -0.25) is 14.9 Å². The number of carbonyl (C=O) groups excluding carboxylic acids is 2. The first-order valence-electron chi connectivity index (χ1n) is 4.88. The first-order chi connectivity index (χ1) is 7.06. The highest BCUT2D eigenvalue weighted by atomic mass is 16.6. The quantitative estimate of drug-likeness (QED) is 0.388. The molecule has 1 saturated carbocycles. The lowest BCUT2D eigenvalue weighted by atomic mass is 9.99. The van der Waals surface area contributed by atoms with Gasteiger partial charge in [0.25, 0.3) is 0 Å². The van der Waals surface area contributed by atoms with Crippen LogP contribution in [0.4, 0.5) is 0 Å². The van der Waals surface area contributed by atoms with Gasteiger partial charge in [0.1, 0.15) is 5.78 Å². The molecule has 0 spiro atoms. The molecule has 0 radical (unpaired) electrons. The molecule has 0 aromatic carbocycles. The highest BCUT2D eigenvalue weighted by Gasteiger charge is 2.43. The first-order valence-corrected chi connectivity index (χ1v) is 4.88. The average molecular weight is 215 g/mol. The average Bonchev–Trinajstić information content (AvgIpc) is 2.51. The van der Waals surface area contributed by atoms with Crippen LogP contribution in [-0.2, 0) is 14.3 Å². The minimum atomic E-state index is -1.38. The third-order valence-corrected chi connectivity index (χ3v) is 2.49. The molecule has 84 valence electrons. The van der Waals surface area contributed by atoms with Crippen molar-refractivity contribution in [2.75, 3.05) is 6.61 Å². The number of nitrogens with zero attached hydrogens (tertiary/aromatic N) is 1. The summed E-state index contributed by atoms with van der Waals surface area (Å²) in [4.78, 5) is 32.3. The van der Waals surface area contributed by atoms with Crippen LogP contribution in [0.1, 0.15) is 26.2 Å². The minimum absolute atomic E-state index is 0.0175. The van der Waals surface area contributed by atoms with Crippen molar-refractivity contribution in [3.05, 3.63) is 10.1 Å². The van der Waals surface area contributed by atoms with E-state index in [1.807, 2.05) is 0 Å². The lowest BCUT2D eigenvalue weighted by Gasteiger charge is -2.13. The number of ketones is 1. The number of hydrogen-bond donors (Lipinski definition) is 0. The van der Waals surface area contributed by atoms with E-state index < -0.39 is 22.9 Å². The number of esters is 1. The molecule has 1 rings (SSSR count). The van der Waals surface area contributed by atoms with Crippen molar-refractivity contribution >= 4 is 11.8 Å². The van der Waals surface area contributed by atoms with E-state index in [0.29, 0.717) is 12.8 Å². The summed E-state index contributed by atoms with van der Waals surface area (Å²) in [7, 11) is 0. The Bertz CT molecular complexity index is 288. The summed E-state index contributed by atoms with van der Waals surface area (Å²) in [6.45, 7) is 1.71. The summed E-state index contributed by atoms with van der Waals surface area (Å²) >= 11 is 0. The zero-order valence-corrected chi connectivity index (χ0v) is 8.47. The Morgan fingerprint density at radius 3 is 2.80 bits per heavy atom. The second-order valence-electron chi connectivity index (χ2n) is 3.52. The van der Waals surface area contributed by atoms with E-state index in [2.05, 4.69) is 4.74 Å². The predicted molar refractivity (Wildman–Crippen MR) is 49.8 cm³/mol. The van der Waals surface area contributed by atoms with Crippen molar-refractivity contribution in [3.63, 3.8) is 0 Å². The van der Waals surface area contributed by atoms with E-state index >= 15 is 0 Å². The number of nitro groups is 1. The lowest BCUT2D eigenvalue weighted by Crippen LogP contribution is -2.37. The molecule has 0 N–H and O–H groups in total. The zero-order valence-electron chi connectivity index (χ0n) is 8.47. The summed E-state index contributed by atoms with van der Waals surface area (Å²) in [6, 6.07) is -1.38. The predicted octanol–water partition coefficient (Wildman–Crippen LogP) is 0.564. The van der Waals surface area contributed by atoms with Crippen LogP contribution in [0.2, 0.25) is 0 Å². The van der Waals surface area contributed by atoms with Crippen LogP contribution in [0.25, 0.3) is 0 Å². The Kier molecular flexibility index (Phi) is 3.76. The molecule has 6 nitrogen and oxygen atoms in total. The van der Waals surface area contributed by atoms with Gasteiger partial charge in [0.15, 0.2) is 0 Å². The molecule has 1 fully saturated rings. The Balaban J connectivity index is 2.69. The van der Waals surface area contributed by atoms with Gasteiger partial charge < -0.3 is 4.74 Å². The number of rotatable bonds is 4. The van der Waals surface area contributed by atoms with Crippen molar-refractivity contribution in [1.29, 1.82) is 0 Å². The topological polar surface area (TPSA) is 86.5 Å². The van der Waals surface area contributed by atoms with Crippen molar-refractivity contribution in [2.24, 2.45) is 5.92 Å². The zero-order chi connectivity index (χ0) is 11.4. The third kappa shape index (κ3) is 2.74. The van der Waals surface area contributed by atoms with Crippen LogP contribution in [0, 0.1) is 16.0 Å². The van der Waals surface area contributed by atoms with Crippen LogP contribution >= 0.6 is 0 Å². The summed E-state index contributed by atoms with van der Waals surface area (Å²) in [5.41, 5.74) is 0. The fourth-order valence-corrected chi connectivity index (χ4v) is 1.79. The van der Waals surface area contributed by atoms with Gasteiger partial charge >= 0.3 is 12.0 Å². The second kappa shape index (κ2) is 4.86. The summed E-state index contributed by atoms with van der Waals surface area (Å²) in [6.07, 6.45) is 0.849. The highest BCUT2D eigenvalue weighted by Crippen LogP contribution is 2.27. The van der Waals surface area contributed by atoms with E-state index in [9.17, 15) is 19.7 Å². The van der Waals surface area contributed by atoms with E-state index in [1.54, 1.807) is 6.92 Å². The van der Waals surface area contributed by atoms with Crippen LogP contribution in [-0.4, -0.2) is 29.3 Å². The van der Waals surface area contributed by atoms with Crippen LogP contribution in [0.15, 0.2) is 0 Å². The maximum Gasteiger partial charge on any atom is 0.381 e. The first kappa shape index (κ1) is 11.6. The largest absolute Gasteiger partial charge is 0.461 e. The number of Topliss-reactive ketones (excluding diaryl/α,β-unsaturated/α-hetero) is 1. The third-order valence-electron chi connectivity index (χ3n) is 2.49. The van der Waals surface area contributed by atoms with E-state index in [0.717, 1.165) is 0 Å². The van der Waals surface area contributed by atoms with Crippen LogP contribution in [0.5, 0.6) is 0 Å². The Hall–Kier alpha value is -1.46. The minimum Gasteiger partial charge on any atom is -0.461 e. The molecule has 0 aromatic heterocycles. The number of hydrogen-bond acceptors (Lipinski definition) is 5. The molecule has 0 heterocycles. The van der Waals surface area contributed by atoms with Gasteiger partial charge in [0.2, 0.25) is 0 Å². The molecular weight excluding hydrogens is 202 g/mol. The van der Waals surface area contributed by atoms with Gasteiger partial charge in [-0.05, 0) is 13.3 Å². The molecule has 2 atom stereocenters. The molecule has 0 aliphatic heterocycles. The molecule has 1 aliphatic rings. The van der Waals surface area contributed by atoms with Crippen molar-refractivity contribution in [2.45, 2.75) is 32.2 Å². The Morgan fingerprint density at radius 1 is 1.73 bits per heavy atom. The molecule has 1 aliphatic carbocycles. The molecule has 0 bridgehead atoms. The smallest absolute Gasteiger partial charge is 0.381 e. The van der Waals surface area contributed by atoms with Gasteiger partial charge in [0, 0.05) is 23.7 Å². The van der Waals surface area contributed by atoms with Crippen LogP contribution < -0.4 is 0 Å². The summed E-state index contributed by atoms with van der Waals surface area (Å²) in [5, 5.41) is 10.7. The maximum absolute atomic E-state index is 11.3. The summed E-state index contributed by atoms with van der Waals surface area (Å²) in [5.74, 6) is -1.34. The van der Waals surface area contributed by atoms with Gasteiger partial charge in [-0.15, -0.1) is 0 Å². The van der Waals surface area contributed by atoms with E-state index in [4.69, 9.17) is 0 Å². The lowest BCUT2D eigenvalue weighted by molar-refractivity contribution is -0.519. The Morgan fingerprint density at radius 2 is 2.40 bits per heavy atom. The SMILES string of the molecule is CCOC(=O)C(C1CCC(=O)C1)[N+](=O)[O-]. The van der Waals surface area contributed by atoms with Gasteiger partial charge in [-0.2, -0.15) is 0 Å². The summed E-state index contributed by atoms with van der Waals surface area (Å²) < 4.78 is 4.62. The molecule has 6 heteroatoms. The molecule has 0 aromatic rings. The molecular formula is C9H13NO5. The Labute approximate surface area is 86.7 Å². The molecule has 0 amide bonds. The van der Waals surface area contributed by atoms with Gasteiger partial charge in [-0.25, -0.2) is 4.79 Å². The van der Waals surface area contributed by atoms with Crippen LogP contribution in [0.3, 0.4) is 0 Å². The standard InChI is InChI=1S/C9H13NO5/c1-2-15-9(12)8(10(13)14)6-3-4-7(11)5-6/h6,8H,2-5H2,1H3. The normalized spacial score (nSPS) is 22.5. The van der Waals surface area contributed by atoms with Crippen molar-refractivity contribution in [3.8, 4) is 0 Å². The van der Waals surface area contributed by atoms with Gasteiger partial charge in [0.05, 0.1) is 6.61 Å². The van der Waals surface area contributed by atoms with Gasteiger partial charge in [-0.1, -0.05) is 0 Å². The number of ether oxygens (including phenoxy) is 1. The fraction of sp³-hybridized carbons (Fsp3) is 0.778. The monoisotopic (exact) mass is 215 g/mol. The number of carbonyl (C=O) groups is 2. The highest BCUT2D eigenvalue weighted by molar-refractivity contribution is 5.83. The van der Waals surface area contributed by atoms with E-state index in [1.165, 1.54) is 0 Å². The molecule has 15 heavy (non-hydrogen) atoms. The van der Waals surface area contributed by atoms with E-state index in [-0.39, 0.29) is 18.8 Å².